The number of halogens is 6. The van der Waals surface area contributed by atoms with Crippen LogP contribution in [0.15, 0.2) is 71.3 Å². The number of carbonyl (C=O) groups excluding carboxylic acids is 1. The van der Waals surface area contributed by atoms with E-state index in [4.69, 9.17) is 4.74 Å². The number of hydrogen-bond acceptors (Lipinski definition) is 5. The lowest BCUT2D eigenvalue weighted by Crippen LogP contribution is -2.60. The Morgan fingerprint density at radius 1 is 1.00 bits per heavy atom. The zero-order valence-electron chi connectivity index (χ0n) is 22.1. The fourth-order valence-electron chi connectivity index (χ4n) is 5.22. The summed E-state index contributed by atoms with van der Waals surface area (Å²) >= 11 is 0. The molecule has 7 nitrogen and oxygen atoms in total. The monoisotopic (exact) mass is 615 g/mol. The molecule has 1 aliphatic heterocycles. The van der Waals surface area contributed by atoms with Gasteiger partial charge in [-0.25, -0.2) is 12.8 Å². The SMILES string of the molecule is O=C(C1CC1)N1CCN(C2=CC=C(c3cccc(F)c3)CC2(NS(=O)(=O)c2cccc(C(F)(F)F)c2)OC(F)F)CC1. The molecule has 1 atom stereocenters. The molecule has 1 heterocycles. The second kappa shape index (κ2) is 11.4. The van der Waals surface area contributed by atoms with Crippen LogP contribution in [0.3, 0.4) is 0 Å². The Morgan fingerprint density at radius 3 is 2.31 bits per heavy atom. The van der Waals surface area contributed by atoms with E-state index in [0.717, 1.165) is 31.0 Å². The van der Waals surface area contributed by atoms with Gasteiger partial charge in [-0.1, -0.05) is 24.3 Å². The molecule has 1 N–H and O–H groups in total. The molecule has 1 saturated carbocycles. The zero-order chi connectivity index (χ0) is 30.3. The number of carbonyl (C=O) groups is 1. The number of benzene rings is 2. The van der Waals surface area contributed by atoms with E-state index in [9.17, 15) is 39.6 Å². The second-order valence-electron chi connectivity index (χ2n) is 10.4. The summed E-state index contributed by atoms with van der Waals surface area (Å²) in [5, 5.41) is 0. The fourth-order valence-corrected chi connectivity index (χ4v) is 6.53. The minimum absolute atomic E-state index is 0.000836. The Kier molecular flexibility index (Phi) is 8.16. The highest BCUT2D eigenvalue weighted by molar-refractivity contribution is 7.89. The first-order chi connectivity index (χ1) is 19.8. The molecule has 1 unspecified atom stereocenters. The lowest BCUT2D eigenvalue weighted by atomic mass is 9.89. The molecule has 0 radical (unpaired) electrons. The maximum atomic E-state index is 14.1. The third-order valence-electron chi connectivity index (χ3n) is 7.41. The Morgan fingerprint density at radius 2 is 1.69 bits per heavy atom. The summed E-state index contributed by atoms with van der Waals surface area (Å²) in [4.78, 5) is 15.0. The lowest BCUT2D eigenvalue weighted by molar-refractivity contribution is -0.204. The third-order valence-corrected chi connectivity index (χ3v) is 8.88. The van der Waals surface area contributed by atoms with Gasteiger partial charge in [-0.15, -0.1) is 0 Å². The molecule has 0 aromatic heterocycles. The summed E-state index contributed by atoms with van der Waals surface area (Å²) < 4.78 is 117. The highest BCUT2D eigenvalue weighted by atomic mass is 32.2. The van der Waals surface area contributed by atoms with Crippen molar-refractivity contribution >= 4 is 21.5 Å². The molecule has 2 fully saturated rings. The van der Waals surface area contributed by atoms with Crippen LogP contribution in [0.25, 0.3) is 5.57 Å². The van der Waals surface area contributed by atoms with Gasteiger partial charge in [-0.05, 0) is 60.4 Å². The van der Waals surface area contributed by atoms with Gasteiger partial charge < -0.3 is 9.80 Å². The number of nitrogens with one attached hydrogen (secondary N) is 1. The van der Waals surface area contributed by atoms with E-state index in [0.29, 0.717) is 12.1 Å². The summed E-state index contributed by atoms with van der Waals surface area (Å²) in [6, 6.07) is 8.10. The molecule has 0 spiro atoms. The standard InChI is InChI=1S/C28H27F6N3O4S/c29-22-5-1-3-19(15-22)20-9-10-24(36-11-13-37(14-12-36)25(38)18-7-8-18)27(17-20,41-26(30)31)35-42(39,40)23-6-2-4-21(16-23)28(32,33)34/h1-6,9-10,15-16,18,26,35H,7-8,11-14,17H2. The van der Waals surface area contributed by atoms with Gasteiger partial charge in [0.2, 0.25) is 15.9 Å². The van der Waals surface area contributed by atoms with Crippen molar-refractivity contribution in [3.63, 3.8) is 0 Å². The van der Waals surface area contributed by atoms with E-state index >= 15 is 0 Å². The molecule has 0 bridgehead atoms. The smallest absolute Gasteiger partial charge is 0.368 e. The number of amides is 1. The molecule has 2 aliphatic carbocycles. The number of alkyl halides is 5. The molecule has 226 valence electrons. The highest BCUT2D eigenvalue weighted by Crippen LogP contribution is 2.41. The average molecular weight is 616 g/mol. The first kappa shape index (κ1) is 30.1. The number of ether oxygens (including phenoxy) is 1. The van der Waals surface area contributed by atoms with Crippen LogP contribution in [-0.4, -0.2) is 62.6 Å². The van der Waals surface area contributed by atoms with Crippen molar-refractivity contribution in [2.45, 2.75) is 42.7 Å². The normalized spacial score (nSPS) is 21.8. The molecule has 1 saturated heterocycles. The van der Waals surface area contributed by atoms with Crippen LogP contribution in [0.4, 0.5) is 26.3 Å². The van der Waals surface area contributed by atoms with Crippen molar-refractivity contribution < 1.29 is 44.3 Å². The molecule has 14 heteroatoms. The topological polar surface area (TPSA) is 79.0 Å². The van der Waals surface area contributed by atoms with E-state index in [1.807, 2.05) is 0 Å². The van der Waals surface area contributed by atoms with Gasteiger partial charge >= 0.3 is 12.8 Å². The maximum absolute atomic E-state index is 14.1. The molecular formula is C28H27F6N3O4S. The molecule has 2 aromatic rings. The predicted molar refractivity (Wildman–Crippen MR) is 140 cm³/mol. The largest absolute Gasteiger partial charge is 0.416 e. The first-order valence-corrected chi connectivity index (χ1v) is 14.6. The molecule has 5 rings (SSSR count). The number of rotatable bonds is 8. The Hall–Kier alpha value is -3.36. The Labute approximate surface area is 238 Å². The number of piperazine rings is 1. The van der Waals surface area contributed by atoms with Gasteiger partial charge in [0, 0.05) is 38.5 Å². The molecule has 2 aromatic carbocycles. The van der Waals surface area contributed by atoms with Crippen LogP contribution < -0.4 is 4.72 Å². The van der Waals surface area contributed by atoms with Crippen molar-refractivity contribution in [3.05, 3.63) is 83.3 Å². The van der Waals surface area contributed by atoms with Gasteiger partial charge in [-0.3, -0.25) is 9.53 Å². The van der Waals surface area contributed by atoms with Gasteiger partial charge in [0.1, 0.15) is 5.82 Å². The van der Waals surface area contributed by atoms with Crippen molar-refractivity contribution in [3.8, 4) is 0 Å². The van der Waals surface area contributed by atoms with E-state index in [-0.39, 0.29) is 54.8 Å². The van der Waals surface area contributed by atoms with Crippen molar-refractivity contribution in [1.82, 2.24) is 14.5 Å². The summed E-state index contributed by atoms with van der Waals surface area (Å²) in [5.74, 6) is -0.645. The highest BCUT2D eigenvalue weighted by Gasteiger charge is 2.48. The van der Waals surface area contributed by atoms with Crippen LogP contribution in [0.5, 0.6) is 0 Å². The number of sulfonamides is 1. The fraction of sp³-hybridized carbons (Fsp3) is 0.393. The summed E-state index contributed by atoms with van der Waals surface area (Å²) in [6.07, 6.45) is -0.882. The molecule has 42 heavy (non-hydrogen) atoms. The summed E-state index contributed by atoms with van der Waals surface area (Å²) in [5.41, 5.74) is -3.23. The van der Waals surface area contributed by atoms with Crippen LogP contribution in [0, 0.1) is 11.7 Å². The van der Waals surface area contributed by atoms with E-state index in [1.54, 1.807) is 9.80 Å². The maximum Gasteiger partial charge on any atom is 0.416 e. The molecular weight excluding hydrogens is 588 g/mol. The van der Waals surface area contributed by atoms with Crippen molar-refractivity contribution in [1.29, 1.82) is 0 Å². The summed E-state index contributed by atoms with van der Waals surface area (Å²) in [6.45, 7) is -2.70. The van der Waals surface area contributed by atoms with Crippen molar-refractivity contribution in [2.24, 2.45) is 5.92 Å². The van der Waals surface area contributed by atoms with Gasteiger partial charge in [0.25, 0.3) is 0 Å². The number of hydrogen-bond donors (Lipinski definition) is 1. The van der Waals surface area contributed by atoms with Crippen LogP contribution in [0.2, 0.25) is 0 Å². The Bertz CT molecular complexity index is 1520. The zero-order valence-corrected chi connectivity index (χ0v) is 22.9. The van der Waals surface area contributed by atoms with Crippen molar-refractivity contribution in [2.75, 3.05) is 26.2 Å². The van der Waals surface area contributed by atoms with Gasteiger partial charge in [0.05, 0.1) is 16.2 Å². The van der Waals surface area contributed by atoms with E-state index in [1.165, 1.54) is 30.4 Å². The van der Waals surface area contributed by atoms with Crippen LogP contribution in [0.1, 0.15) is 30.4 Å². The van der Waals surface area contributed by atoms with Crippen LogP contribution in [-0.2, 0) is 25.7 Å². The third kappa shape index (κ3) is 6.50. The lowest BCUT2D eigenvalue weighted by Gasteiger charge is -2.46. The average Bonchev–Trinajstić information content (AvgIpc) is 3.77. The first-order valence-electron chi connectivity index (χ1n) is 13.2. The Balaban J connectivity index is 1.54. The minimum atomic E-state index is -4.90. The molecule has 3 aliphatic rings. The summed E-state index contributed by atoms with van der Waals surface area (Å²) in [7, 11) is -4.90. The van der Waals surface area contributed by atoms with E-state index < -0.39 is 51.2 Å². The van der Waals surface area contributed by atoms with Gasteiger partial charge in [-0.2, -0.15) is 26.7 Å². The van der Waals surface area contributed by atoms with E-state index in [2.05, 4.69) is 4.72 Å². The number of allylic oxidation sites excluding steroid dienone is 2. The second-order valence-corrected chi connectivity index (χ2v) is 12.0. The molecule has 1 amide bonds. The van der Waals surface area contributed by atoms with Gasteiger partial charge in [0.15, 0.2) is 5.72 Å². The quantitative estimate of drug-likeness (QED) is 0.335. The minimum Gasteiger partial charge on any atom is -0.368 e. The van der Waals surface area contributed by atoms with Crippen LogP contribution >= 0.6 is 0 Å². The predicted octanol–water partition coefficient (Wildman–Crippen LogP) is 4.98. The number of nitrogens with zero attached hydrogens (tertiary/aromatic N) is 2.